The molecule has 0 radical (unpaired) electrons. The predicted molar refractivity (Wildman–Crippen MR) is 109 cm³/mol. The van der Waals surface area contributed by atoms with Gasteiger partial charge in [0.1, 0.15) is 11.7 Å². The Hall–Kier alpha value is -2.47. The van der Waals surface area contributed by atoms with Crippen molar-refractivity contribution < 1.29 is 24.1 Å². The minimum atomic E-state index is -0.757. The van der Waals surface area contributed by atoms with Gasteiger partial charge in [-0.05, 0) is 12.5 Å². The van der Waals surface area contributed by atoms with Gasteiger partial charge in [0.05, 0.1) is 17.1 Å². The largest absolute Gasteiger partial charge is 0.447 e. The molecular formula is C16H22N4O6S2. The molecule has 0 heterocycles. The van der Waals surface area contributed by atoms with Crippen LogP contribution in [0.4, 0.5) is 15.3 Å². The fourth-order valence-electron chi connectivity index (χ4n) is 1.77. The molecule has 0 spiro atoms. The number of hydrogen-bond acceptors (Lipinski definition) is 9. The maximum atomic E-state index is 12.0. The van der Waals surface area contributed by atoms with Crippen LogP contribution in [0.5, 0.6) is 0 Å². The third kappa shape index (κ3) is 8.48. The van der Waals surface area contributed by atoms with E-state index in [-0.39, 0.29) is 12.3 Å². The Morgan fingerprint density at radius 3 is 2.50 bits per heavy atom. The molecule has 10 nitrogen and oxygen atoms in total. The van der Waals surface area contributed by atoms with Gasteiger partial charge in [0.25, 0.3) is 5.69 Å². The summed E-state index contributed by atoms with van der Waals surface area (Å²) < 4.78 is 7.24. The number of thioether (sulfide) groups is 1. The van der Waals surface area contributed by atoms with Crippen molar-refractivity contribution in [3.05, 3.63) is 39.9 Å². The van der Waals surface area contributed by atoms with E-state index in [1.54, 1.807) is 13.0 Å². The lowest BCUT2D eigenvalue weighted by atomic mass is 10.2. The first-order chi connectivity index (χ1) is 13.1. The summed E-state index contributed by atoms with van der Waals surface area (Å²) in [6.45, 7) is 5.56. The molecule has 0 aliphatic carbocycles. The van der Waals surface area contributed by atoms with Gasteiger partial charge >= 0.3 is 12.2 Å². The number of amides is 2. The number of nitro benzene ring substituents is 1. The molecule has 1 aromatic carbocycles. The summed E-state index contributed by atoms with van der Waals surface area (Å²) in [5.74, 6) is 0. The number of oxime groups is 1. The minimum absolute atomic E-state index is 0.0924. The van der Waals surface area contributed by atoms with Gasteiger partial charge < -0.3 is 4.74 Å². The summed E-state index contributed by atoms with van der Waals surface area (Å²) in [6.07, 6.45) is -1.49. The van der Waals surface area contributed by atoms with Crippen LogP contribution in [-0.4, -0.2) is 50.1 Å². The van der Waals surface area contributed by atoms with Crippen LogP contribution in [0, 0.1) is 10.1 Å². The molecule has 0 aromatic heterocycles. The quantitative estimate of drug-likeness (QED) is 0.157. The standard InChI is InChI=1S/C16H22N4O6S2/c1-11(2)27-12(3)17-26-16(22)19(5)28-18(4)15(21)25-10-13-7-6-8-14(9-13)20(23)24/h6-9,11H,10H2,1-5H3. The SMILES string of the molecule is CC(=NOC(=O)N(C)SN(C)C(=O)OCc1cccc([N+](=O)[O-])c1)SC(C)C. The molecule has 1 aromatic rings. The fraction of sp³-hybridized carbons (Fsp3) is 0.438. The third-order valence-electron chi connectivity index (χ3n) is 2.90. The second-order valence-corrected chi connectivity index (χ2v) is 8.72. The topological polar surface area (TPSA) is 115 Å². The van der Waals surface area contributed by atoms with Crippen LogP contribution in [0.25, 0.3) is 0 Å². The second-order valence-electron chi connectivity index (χ2n) is 5.69. The lowest BCUT2D eigenvalue weighted by Gasteiger charge is -2.20. The molecule has 0 aliphatic rings. The zero-order valence-corrected chi connectivity index (χ0v) is 17.8. The zero-order chi connectivity index (χ0) is 21.3. The number of hydrogen-bond donors (Lipinski definition) is 0. The van der Waals surface area contributed by atoms with E-state index in [1.165, 1.54) is 44.1 Å². The average Bonchev–Trinajstić information content (AvgIpc) is 2.63. The van der Waals surface area contributed by atoms with Crippen LogP contribution in [0.1, 0.15) is 26.3 Å². The highest BCUT2D eigenvalue weighted by Gasteiger charge is 2.19. The molecule has 0 saturated heterocycles. The summed E-state index contributed by atoms with van der Waals surface area (Å²) in [4.78, 5) is 38.9. The summed E-state index contributed by atoms with van der Waals surface area (Å²) in [5, 5.41) is 15.4. The third-order valence-corrected chi connectivity index (χ3v) is 4.58. The van der Waals surface area contributed by atoms with Crippen molar-refractivity contribution >= 4 is 46.8 Å². The highest BCUT2D eigenvalue weighted by Crippen LogP contribution is 2.18. The molecule has 154 valence electrons. The molecule has 0 fully saturated rings. The van der Waals surface area contributed by atoms with Crippen LogP contribution >= 0.6 is 23.9 Å². The Labute approximate surface area is 171 Å². The molecular weight excluding hydrogens is 408 g/mol. The van der Waals surface area contributed by atoms with Crippen LogP contribution in [0.2, 0.25) is 0 Å². The molecule has 0 saturated carbocycles. The van der Waals surface area contributed by atoms with Gasteiger partial charge in [-0.25, -0.2) is 18.2 Å². The van der Waals surface area contributed by atoms with E-state index in [2.05, 4.69) is 5.16 Å². The number of ether oxygens (including phenoxy) is 1. The van der Waals surface area contributed by atoms with Crippen molar-refractivity contribution in [1.29, 1.82) is 0 Å². The lowest BCUT2D eigenvalue weighted by Crippen LogP contribution is -2.29. The summed E-state index contributed by atoms with van der Waals surface area (Å²) >= 11 is 2.21. The molecule has 1 rings (SSSR count). The molecule has 2 amide bonds. The van der Waals surface area contributed by atoms with Crippen LogP contribution in [0.3, 0.4) is 0 Å². The smallest absolute Gasteiger partial charge is 0.444 e. The number of carbonyl (C=O) groups excluding carboxylic acids is 2. The predicted octanol–water partition coefficient (Wildman–Crippen LogP) is 4.27. The number of nitro groups is 1. The van der Waals surface area contributed by atoms with Gasteiger partial charge in [-0.3, -0.25) is 15.0 Å². The van der Waals surface area contributed by atoms with Crippen molar-refractivity contribution in [1.82, 2.24) is 8.61 Å². The van der Waals surface area contributed by atoms with E-state index < -0.39 is 17.1 Å². The maximum absolute atomic E-state index is 12.0. The second kappa shape index (κ2) is 11.4. The van der Waals surface area contributed by atoms with Gasteiger partial charge in [0.15, 0.2) is 0 Å². The minimum Gasteiger partial charge on any atom is -0.444 e. The van der Waals surface area contributed by atoms with E-state index in [9.17, 15) is 19.7 Å². The summed E-state index contributed by atoms with van der Waals surface area (Å²) in [5.41, 5.74) is 0.381. The Morgan fingerprint density at radius 2 is 1.89 bits per heavy atom. The van der Waals surface area contributed by atoms with Gasteiger partial charge in [0, 0.05) is 31.5 Å². The number of carbonyl (C=O) groups is 2. The Morgan fingerprint density at radius 1 is 1.25 bits per heavy atom. The average molecular weight is 431 g/mol. The molecule has 12 heteroatoms. The normalized spacial score (nSPS) is 11.1. The van der Waals surface area contributed by atoms with E-state index in [1.807, 2.05) is 13.8 Å². The van der Waals surface area contributed by atoms with Gasteiger partial charge in [-0.2, -0.15) is 0 Å². The molecule has 28 heavy (non-hydrogen) atoms. The Kier molecular flexibility index (Phi) is 9.59. The Balaban J connectivity index is 2.49. The summed E-state index contributed by atoms with van der Waals surface area (Å²) in [6, 6.07) is 5.77. The van der Waals surface area contributed by atoms with Crippen molar-refractivity contribution in [2.75, 3.05) is 14.1 Å². The molecule has 0 atom stereocenters. The van der Waals surface area contributed by atoms with Crippen molar-refractivity contribution in [2.24, 2.45) is 5.16 Å². The highest BCUT2D eigenvalue weighted by molar-refractivity contribution is 8.14. The van der Waals surface area contributed by atoms with Crippen molar-refractivity contribution in [2.45, 2.75) is 32.6 Å². The van der Waals surface area contributed by atoms with Gasteiger partial charge in [0.2, 0.25) is 0 Å². The molecule has 0 aliphatic heterocycles. The molecule has 0 bridgehead atoms. The van der Waals surface area contributed by atoms with Gasteiger partial charge in [-0.15, -0.1) is 11.8 Å². The first kappa shape index (κ1) is 23.6. The Bertz CT molecular complexity index is 744. The van der Waals surface area contributed by atoms with E-state index in [0.29, 0.717) is 15.9 Å². The highest BCUT2D eigenvalue weighted by atomic mass is 32.2. The van der Waals surface area contributed by atoms with Crippen molar-refractivity contribution in [3.63, 3.8) is 0 Å². The molecule has 0 N–H and O–H groups in total. The van der Waals surface area contributed by atoms with E-state index in [4.69, 9.17) is 9.57 Å². The first-order valence-corrected chi connectivity index (χ1v) is 9.69. The number of rotatable bonds is 7. The number of non-ortho nitro benzene ring substituents is 1. The lowest BCUT2D eigenvalue weighted by molar-refractivity contribution is -0.384. The number of benzene rings is 1. The monoisotopic (exact) mass is 430 g/mol. The maximum Gasteiger partial charge on any atom is 0.447 e. The zero-order valence-electron chi connectivity index (χ0n) is 16.1. The van der Waals surface area contributed by atoms with Crippen LogP contribution < -0.4 is 0 Å². The van der Waals surface area contributed by atoms with Gasteiger partial charge in [-0.1, -0.05) is 31.1 Å². The number of nitrogens with zero attached hydrogens (tertiary/aromatic N) is 4. The van der Waals surface area contributed by atoms with E-state index >= 15 is 0 Å². The molecule has 0 unspecified atom stereocenters. The van der Waals surface area contributed by atoms with Crippen LogP contribution in [-0.2, 0) is 16.2 Å². The first-order valence-electron chi connectivity index (χ1n) is 8.08. The fourth-order valence-corrected chi connectivity index (χ4v) is 3.12. The van der Waals surface area contributed by atoms with E-state index in [0.717, 1.165) is 20.7 Å². The van der Waals surface area contributed by atoms with Crippen molar-refractivity contribution in [3.8, 4) is 0 Å². The van der Waals surface area contributed by atoms with Crippen LogP contribution in [0.15, 0.2) is 29.4 Å². The summed E-state index contributed by atoms with van der Waals surface area (Å²) in [7, 11) is 2.82.